The average Bonchev–Trinajstić information content (AvgIpc) is 2.55. The van der Waals surface area contributed by atoms with Crippen molar-refractivity contribution in [1.82, 2.24) is 5.32 Å². The van der Waals surface area contributed by atoms with Crippen LogP contribution in [0.25, 0.3) is 11.1 Å². The molecule has 0 fully saturated rings. The van der Waals surface area contributed by atoms with E-state index in [4.69, 9.17) is 0 Å². The summed E-state index contributed by atoms with van der Waals surface area (Å²) in [5.74, 6) is 0.629. The number of amides is 1. The van der Waals surface area contributed by atoms with Gasteiger partial charge in [0.25, 0.3) is 0 Å². The topological polar surface area (TPSA) is 29.1 Å². The van der Waals surface area contributed by atoms with E-state index >= 15 is 0 Å². The molecule has 0 bridgehead atoms. The van der Waals surface area contributed by atoms with Crippen molar-refractivity contribution in [2.75, 3.05) is 6.54 Å². The number of hydrogen-bond acceptors (Lipinski definition) is 1. The second kappa shape index (κ2) is 7.79. The summed E-state index contributed by atoms with van der Waals surface area (Å²) in [6.45, 7) is 6.78. The number of benzene rings is 2. The molecular weight excluding hydrogens is 270 g/mol. The first kappa shape index (κ1) is 16.3. The van der Waals surface area contributed by atoms with Crippen LogP contribution in [-0.4, -0.2) is 12.5 Å². The maximum absolute atomic E-state index is 11.6. The van der Waals surface area contributed by atoms with Crippen molar-refractivity contribution in [3.05, 3.63) is 60.2 Å². The molecule has 1 N–H and O–H groups in total. The molecule has 2 aromatic carbocycles. The Bertz CT molecular complexity index is 587. The summed E-state index contributed by atoms with van der Waals surface area (Å²) < 4.78 is 0. The first-order chi connectivity index (χ1) is 10.6. The van der Waals surface area contributed by atoms with Gasteiger partial charge in [0.2, 0.25) is 5.91 Å². The molecule has 0 aromatic heterocycles. The van der Waals surface area contributed by atoms with Crippen LogP contribution in [0.5, 0.6) is 0 Å². The monoisotopic (exact) mass is 295 g/mol. The fraction of sp³-hybridized carbons (Fsp3) is 0.350. The molecule has 0 aliphatic rings. The van der Waals surface area contributed by atoms with Crippen LogP contribution in [0.4, 0.5) is 0 Å². The molecule has 2 nitrogen and oxygen atoms in total. The smallest absolute Gasteiger partial charge is 0.222 e. The number of hydrogen-bond donors (Lipinski definition) is 1. The molecule has 2 rings (SSSR count). The predicted molar refractivity (Wildman–Crippen MR) is 92.8 cm³/mol. The van der Waals surface area contributed by atoms with E-state index in [1.54, 1.807) is 0 Å². The third-order valence-corrected chi connectivity index (χ3v) is 3.99. The second-order valence-electron chi connectivity index (χ2n) is 6.12. The maximum atomic E-state index is 11.6. The Morgan fingerprint density at radius 3 is 2.09 bits per heavy atom. The summed E-state index contributed by atoms with van der Waals surface area (Å²) in [6, 6.07) is 19.1. The summed E-state index contributed by atoms with van der Waals surface area (Å²) in [7, 11) is 0. The van der Waals surface area contributed by atoms with Gasteiger partial charge < -0.3 is 5.32 Å². The highest BCUT2D eigenvalue weighted by Gasteiger charge is 2.09. The molecule has 0 radical (unpaired) electrons. The fourth-order valence-electron chi connectivity index (χ4n) is 2.42. The van der Waals surface area contributed by atoms with Crippen LogP contribution in [0.15, 0.2) is 54.6 Å². The van der Waals surface area contributed by atoms with Gasteiger partial charge in [-0.25, -0.2) is 0 Å². The standard InChI is InChI=1S/C20H25NO/c1-15(2)20(22)21-14-13-16(3)17-9-11-19(12-10-17)18-7-5-4-6-8-18/h4-12,15-16H,13-14H2,1-3H3,(H,21,22). The normalized spacial score (nSPS) is 12.2. The van der Waals surface area contributed by atoms with E-state index in [9.17, 15) is 4.79 Å². The second-order valence-corrected chi connectivity index (χ2v) is 6.12. The van der Waals surface area contributed by atoms with Gasteiger partial charge in [-0.15, -0.1) is 0 Å². The molecule has 1 unspecified atom stereocenters. The highest BCUT2D eigenvalue weighted by atomic mass is 16.1. The van der Waals surface area contributed by atoms with E-state index in [1.807, 2.05) is 19.9 Å². The van der Waals surface area contributed by atoms with Crippen molar-refractivity contribution in [1.29, 1.82) is 0 Å². The summed E-state index contributed by atoms with van der Waals surface area (Å²) in [5.41, 5.74) is 3.80. The zero-order valence-electron chi connectivity index (χ0n) is 13.7. The van der Waals surface area contributed by atoms with Gasteiger partial charge in [-0.2, -0.15) is 0 Å². The van der Waals surface area contributed by atoms with Gasteiger partial charge >= 0.3 is 0 Å². The van der Waals surface area contributed by atoms with Gasteiger partial charge in [-0.3, -0.25) is 4.79 Å². The molecule has 0 aliphatic heterocycles. The fourth-order valence-corrected chi connectivity index (χ4v) is 2.42. The molecule has 116 valence electrons. The van der Waals surface area contributed by atoms with Crippen molar-refractivity contribution in [3.63, 3.8) is 0 Å². The van der Waals surface area contributed by atoms with Crippen LogP contribution < -0.4 is 5.32 Å². The summed E-state index contributed by atoms with van der Waals surface area (Å²) in [6.07, 6.45) is 0.961. The maximum Gasteiger partial charge on any atom is 0.222 e. The van der Waals surface area contributed by atoms with Gasteiger partial charge in [-0.05, 0) is 29.0 Å². The van der Waals surface area contributed by atoms with Gasteiger partial charge in [-0.1, -0.05) is 75.4 Å². The first-order valence-electron chi connectivity index (χ1n) is 8.01. The zero-order valence-corrected chi connectivity index (χ0v) is 13.7. The van der Waals surface area contributed by atoms with Gasteiger partial charge in [0, 0.05) is 12.5 Å². The van der Waals surface area contributed by atoms with Crippen molar-refractivity contribution in [3.8, 4) is 11.1 Å². The Hall–Kier alpha value is -2.09. The number of carbonyl (C=O) groups is 1. The molecule has 2 heteroatoms. The predicted octanol–water partition coefficient (Wildman–Crippen LogP) is 4.62. The molecule has 0 saturated heterocycles. The molecule has 22 heavy (non-hydrogen) atoms. The third kappa shape index (κ3) is 4.45. The molecule has 1 atom stereocenters. The molecule has 0 heterocycles. The van der Waals surface area contributed by atoms with E-state index in [1.165, 1.54) is 16.7 Å². The van der Waals surface area contributed by atoms with Crippen molar-refractivity contribution in [2.45, 2.75) is 33.1 Å². The lowest BCUT2D eigenvalue weighted by atomic mass is 9.95. The third-order valence-electron chi connectivity index (χ3n) is 3.99. The first-order valence-corrected chi connectivity index (χ1v) is 8.01. The Morgan fingerprint density at radius 1 is 0.909 bits per heavy atom. The Morgan fingerprint density at radius 2 is 1.50 bits per heavy atom. The Kier molecular flexibility index (Phi) is 5.76. The Labute approximate surface area is 133 Å². The molecule has 0 aliphatic carbocycles. The van der Waals surface area contributed by atoms with Gasteiger partial charge in [0.15, 0.2) is 0 Å². The van der Waals surface area contributed by atoms with Gasteiger partial charge in [0.1, 0.15) is 0 Å². The minimum Gasteiger partial charge on any atom is -0.356 e. The van der Waals surface area contributed by atoms with Crippen molar-refractivity contribution in [2.24, 2.45) is 5.92 Å². The number of carbonyl (C=O) groups excluding carboxylic acids is 1. The lowest BCUT2D eigenvalue weighted by molar-refractivity contribution is -0.123. The summed E-state index contributed by atoms with van der Waals surface area (Å²) >= 11 is 0. The van der Waals surface area contributed by atoms with E-state index in [2.05, 4.69) is 60.8 Å². The van der Waals surface area contributed by atoms with E-state index < -0.39 is 0 Å². The molecular formula is C20H25NO. The van der Waals surface area contributed by atoms with Crippen LogP contribution in [-0.2, 0) is 4.79 Å². The van der Waals surface area contributed by atoms with Crippen LogP contribution in [0.1, 0.15) is 38.7 Å². The Balaban J connectivity index is 1.91. The van der Waals surface area contributed by atoms with E-state index in [0.717, 1.165) is 13.0 Å². The van der Waals surface area contributed by atoms with Crippen LogP contribution >= 0.6 is 0 Å². The quantitative estimate of drug-likeness (QED) is 0.827. The van der Waals surface area contributed by atoms with Crippen molar-refractivity contribution >= 4 is 5.91 Å². The summed E-state index contributed by atoms with van der Waals surface area (Å²) in [4.78, 5) is 11.6. The highest BCUT2D eigenvalue weighted by Crippen LogP contribution is 2.24. The van der Waals surface area contributed by atoms with Crippen molar-refractivity contribution < 1.29 is 4.79 Å². The highest BCUT2D eigenvalue weighted by molar-refractivity contribution is 5.77. The van der Waals surface area contributed by atoms with E-state index in [0.29, 0.717) is 5.92 Å². The minimum atomic E-state index is 0.0560. The largest absolute Gasteiger partial charge is 0.356 e. The zero-order chi connectivity index (χ0) is 15.9. The molecule has 0 spiro atoms. The molecule has 0 saturated carbocycles. The van der Waals surface area contributed by atoms with Crippen LogP contribution in [0.2, 0.25) is 0 Å². The lowest BCUT2D eigenvalue weighted by Gasteiger charge is -2.14. The average molecular weight is 295 g/mol. The number of nitrogens with one attached hydrogen (secondary N) is 1. The lowest BCUT2D eigenvalue weighted by Crippen LogP contribution is -2.29. The summed E-state index contributed by atoms with van der Waals surface area (Å²) in [5, 5.41) is 2.98. The van der Waals surface area contributed by atoms with E-state index in [-0.39, 0.29) is 11.8 Å². The molecule has 1 amide bonds. The van der Waals surface area contributed by atoms with Crippen LogP contribution in [0.3, 0.4) is 0 Å². The SMILES string of the molecule is CC(C)C(=O)NCCC(C)c1ccc(-c2ccccc2)cc1. The minimum absolute atomic E-state index is 0.0560. The number of rotatable bonds is 6. The van der Waals surface area contributed by atoms with Gasteiger partial charge in [0.05, 0.1) is 0 Å². The van der Waals surface area contributed by atoms with Crippen LogP contribution in [0, 0.1) is 5.92 Å². The molecule has 2 aromatic rings.